The molecular formula is C21H14FN7O3. The van der Waals surface area contributed by atoms with E-state index in [1.165, 1.54) is 36.9 Å². The molecule has 0 bridgehead atoms. The van der Waals surface area contributed by atoms with Crippen molar-refractivity contribution in [3.8, 4) is 11.5 Å². The highest BCUT2D eigenvalue weighted by Gasteiger charge is 2.15. The Labute approximate surface area is 179 Å². The van der Waals surface area contributed by atoms with Gasteiger partial charge in [-0.1, -0.05) is 0 Å². The van der Waals surface area contributed by atoms with Crippen LogP contribution in [0.1, 0.15) is 5.56 Å². The molecule has 5 aromatic rings. The molecule has 0 spiro atoms. The van der Waals surface area contributed by atoms with Crippen LogP contribution in [-0.4, -0.2) is 29.5 Å². The lowest BCUT2D eigenvalue weighted by atomic mass is 10.1. The van der Waals surface area contributed by atoms with Crippen molar-refractivity contribution in [2.24, 2.45) is 0 Å². The molecule has 0 saturated heterocycles. The van der Waals surface area contributed by atoms with E-state index in [1.54, 1.807) is 35.8 Å². The van der Waals surface area contributed by atoms with Crippen molar-refractivity contribution >= 4 is 33.7 Å². The molecule has 0 aliphatic rings. The van der Waals surface area contributed by atoms with Crippen LogP contribution in [0.5, 0.6) is 11.5 Å². The number of hydrogen-bond donors (Lipinski definition) is 1. The van der Waals surface area contributed by atoms with Crippen molar-refractivity contribution in [1.82, 2.24) is 24.6 Å². The molecule has 0 aliphatic carbocycles. The van der Waals surface area contributed by atoms with E-state index in [4.69, 9.17) is 4.74 Å². The van der Waals surface area contributed by atoms with Crippen LogP contribution in [0.15, 0.2) is 61.3 Å². The van der Waals surface area contributed by atoms with Gasteiger partial charge in [-0.25, -0.2) is 23.9 Å². The van der Waals surface area contributed by atoms with Crippen LogP contribution >= 0.6 is 0 Å². The summed E-state index contributed by atoms with van der Waals surface area (Å²) in [6.45, 7) is 1.59. The molecule has 0 atom stereocenters. The lowest BCUT2D eigenvalue weighted by molar-refractivity contribution is -0.384. The number of fused-ring (bicyclic) bond motifs is 2. The SMILES string of the molecule is Cc1c(Oc2ccn3ncnc3c2)ccc(Nc2ncnc3ccc([N+](=O)[O-])cc23)c1F. The number of nitro groups is 1. The van der Waals surface area contributed by atoms with Crippen LogP contribution in [0.2, 0.25) is 0 Å². The zero-order valence-corrected chi connectivity index (χ0v) is 16.6. The van der Waals surface area contributed by atoms with E-state index in [9.17, 15) is 10.1 Å². The largest absolute Gasteiger partial charge is 0.457 e. The number of anilines is 2. The van der Waals surface area contributed by atoms with Gasteiger partial charge in [0.2, 0.25) is 0 Å². The number of nitrogens with one attached hydrogen (secondary N) is 1. The smallest absolute Gasteiger partial charge is 0.270 e. The Morgan fingerprint density at radius 2 is 1.97 bits per heavy atom. The third-order valence-corrected chi connectivity index (χ3v) is 4.90. The van der Waals surface area contributed by atoms with Crippen LogP contribution in [0.4, 0.5) is 21.6 Å². The van der Waals surface area contributed by atoms with Crippen molar-refractivity contribution in [3.05, 3.63) is 82.8 Å². The van der Waals surface area contributed by atoms with E-state index in [-0.39, 0.29) is 22.8 Å². The molecule has 0 unspecified atom stereocenters. The molecule has 0 saturated carbocycles. The summed E-state index contributed by atoms with van der Waals surface area (Å²) in [5.74, 6) is 0.536. The van der Waals surface area contributed by atoms with Crippen LogP contribution in [-0.2, 0) is 0 Å². The summed E-state index contributed by atoms with van der Waals surface area (Å²) in [7, 11) is 0. The maximum Gasteiger partial charge on any atom is 0.270 e. The van der Waals surface area contributed by atoms with Gasteiger partial charge in [0.15, 0.2) is 11.5 Å². The summed E-state index contributed by atoms with van der Waals surface area (Å²) < 4.78 is 22.6. The van der Waals surface area contributed by atoms with Gasteiger partial charge in [0.05, 0.1) is 16.1 Å². The van der Waals surface area contributed by atoms with Crippen molar-refractivity contribution in [1.29, 1.82) is 0 Å². The molecular weight excluding hydrogens is 417 g/mol. The molecule has 32 heavy (non-hydrogen) atoms. The number of nitrogens with zero attached hydrogens (tertiary/aromatic N) is 6. The van der Waals surface area contributed by atoms with Gasteiger partial charge in [0, 0.05) is 35.3 Å². The highest BCUT2D eigenvalue weighted by Crippen LogP contribution is 2.33. The highest BCUT2D eigenvalue weighted by molar-refractivity contribution is 5.92. The predicted molar refractivity (Wildman–Crippen MR) is 114 cm³/mol. The normalized spacial score (nSPS) is 11.1. The Morgan fingerprint density at radius 3 is 2.81 bits per heavy atom. The number of halogens is 1. The van der Waals surface area contributed by atoms with Crippen LogP contribution in [0.25, 0.3) is 16.6 Å². The van der Waals surface area contributed by atoms with Gasteiger partial charge in [0.1, 0.15) is 30.0 Å². The maximum atomic E-state index is 15.1. The summed E-state index contributed by atoms with van der Waals surface area (Å²) in [6, 6.07) is 10.7. The second-order valence-corrected chi connectivity index (χ2v) is 6.88. The van der Waals surface area contributed by atoms with Gasteiger partial charge in [0.25, 0.3) is 5.69 Å². The van der Waals surface area contributed by atoms with Gasteiger partial charge in [-0.2, -0.15) is 5.10 Å². The standard InChI is InChI=1S/C21H14FN7O3/c1-12-18(32-14-6-7-28-19(9-14)24-11-26-28)5-4-17(20(12)22)27-21-15-8-13(29(30)31)2-3-16(15)23-10-25-21/h2-11H,1H3,(H,23,25,27). The number of ether oxygens (including phenoxy) is 1. The zero-order chi connectivity index (χ0) is 22.2. The average Bonchev–Trinajstić information content (AvgIpc) is 3.26. The topological polar surface area (TPSA) is 120 Å². The molecule has 3 heterocycles. The van der Waals surface area contributed by atoms with Gasteiger partial charge in [-0.15, -0.1) is 0 Å². The van der Waals surface area contributed by atoms with E-state index in [0.29, 0.717) is 28.0 Å². The second-order valence-electron chi connectivity index (χ2n) is 6.88. The van der Waals surface area contributed by atoms with Crippen molar-refractivity contribution in [2.45, 2.75) is 6.92 Å². The Morgan fingerprint density at radius 1 is 1.09 bits per heavy atom. The summed E-state index contributed by atoms with van der Waals surface area (Å²) >= 11 is 0. The predicted octanol–water partition coefficient (Wildman–Crippen LogP) is 4.56. The minimum absolute atomic E-state index is 0.111. The number of benzene rings is 2. The second kappa shape index (κ2) is 7.54. The molecule has 0 amide bonds. The van der Waals surface area contributed by atoms with Gasteiger partial charge >= 0.3 is 0 Å². The molecule has 158 valence electrons. The van der Waals surface area contributed by atoms with Crippen molar-refractivity contribution in [3.63, 3.8) is 0 Å². The number of rotatable bonds is 5. The molecule has 0 radical (unpaired) electrons. The molecule has 0 aliphatic heterocycles. The van der Waals surface area contributed by atoms with Crippen LogP contribution in [0.3, 0.4) is 0 Å². The summed E-state index contributed by atoms with van der Waals surface area (Å²) in [5.41, 5.74) is 1.41. The molecule has 5 rings (SSSR count). The number of pyridine rings is 1. The minimum atomic E-state index is -0.539. The fourth-order valence-corrected chi connectivity index (χ4v) is 3.25. The number of aromatic nitrogens is 5. The highest BCUT2D eigenvalue weighted by atomic mass is 19.1. The fraction of sp³-hybridized carbons (Fsp3) is 0.0476. The number of non-ortho nitro benzene ring substituents is 1. The summed E-state index contributed by atoms with van der Waals surface area (Å²) in [5, 5.41) is 18.5. The maximum absolute atomic E-state index is 15.1. The fourth-order valence-electron chi connectivity index (χ4n) is 3.25. The Bertz CT molecular complexity index is 1500. The number of nitro benzene ring substituents is 1. The molecule has 2 aromatic carbocycles. The van der Waals surface area contributed by atoms with E-state index in [2.05, 4.69) is 25.4 Å². The summed E-state index contributed by atoms with van der Waals surface area (Å²) in [4.78, 5) is 22.9. The van der Waals surface area contributed by atoms with Gasteiger partial charge in [-0.05, 0) is 31.2 Å². The average molecular weight is 431 g/mol. The first-order valence-electron chi connectivity index (χ1n) is 9.42. The Kier molecular flexibility index (Phi) is 4.55. The third kappa shape index (κ3) is 3.41. The molecule has 3 aromatic heterocycles. The van der Waals surface area contributed by atoms with E-state index in [0.717, 1.165) is 0 Å². The molecule has 0 fully saturated rings. The first-order valence-corrected chi connectivity index (χ1v) is 9.42. The van der Waals surface area contributed by atoms with Crippen LogP contribution < -0.4 is 10.1 Å². The zero-order valence-electron chi connectivity index (χ0n) is 16.6. The Balaban J connectivity index is 1.47. The van der Waals surface area contributed by atoms with Crippen molar-refractivity contribution in [2.75, 3.05) is 5.32 Å². The first-order chi connectivity index (χ1) is 15.5. The molecule has 11 heteroatoms. The quantitative estimate of drug-likeness (QED) is 0.317. The first kappa shape index (κ1) is 19.3. The lowest BCUT2D eigenvalue weighted by Crippen LogP contribution is -2.01. The van der Waals surface area contributed by atoms with E-state index >= 15 is 4.39 Å². The monoisotopic (exact) mass is 431 g/mol. The van der Waals surface area contributed by atoms with Gasteiger partial charge in [-0.3, -0.25) is 10.1 Å². The van der Waals surface area contributed by atoms with Crippen LogP contribution in [0, 0.1) is 22.9 Å². The van der Waals surface area contributed by atoms with Crippen molar-refractivity contribution < 1.29 is 14.1 Å². The van der Waals surface area contributed by atoms with E-state index < -0.39 is 10.7 Å². The van der Waals surface area contributed by atoms with E-state index in [1.807, 2.05) is 0 Å². The third-order valence-electron chi connectivity index (χ3n) is 4.90. The number of hydrogen-bond acceptors (Lipinski definition) is 8. The summed E-state index contributed by atoms with van der Waals surface area (Å²) in [6.07, 6.45) is 4.42. The van der Waals surface area contributed by atoms with Gasteiger partial charge < -0.3 is 10.1 Å². The molecule has 10 nitrogen and oxygen atoms in total. The Hall–Kier alpha value is -4.67. The molecule has 1 N–H and O–H groups in total. The minimum Gasteiger partial charge on any atom is -0.457 e. The lowest BCUT2D eigenvalue weighted by Gasteiger charge is -2.14.